The number of hydrogen-bond donors (Lipinski definition) is 3. The van der Waals surface area contributed by atoms with Crippen molar-refractivity contribution in [3.63, 3.8) is 0 Å². The third-order valence-electron chi connectivity index (χ3n) is 2.67. The highest BCUT2D eigenvalue weighted by atomic mass is 35.5. The van der Waals surface area contributed by atoms with E-state index in [1.54, 1.807) is 18.2 Å². The number of aliphatic hydroxyl groups is 1. The molecule has 90 valence electrons. The zero-order valence-electron chi connectivity index (χ0n) is 9.03. The van der Waals surface area contributed by atoms with Crippen LogP contribution < -0.4 is 0 Å². The second-order valence-electron chi connectivity index (χ2n) is 3.80. The monoisotopic (exact) mass is 253 g/mol. The zero-order chi connectivity index (χ0) is 12.4. The summed E-state index contributed by atoms with van der Waals surface area (Å²) >= 11 is 5.86. The molecule has 0 atom stereocenters. The van der Waals surface area contributed by atoms with Crippen molar-refractivity contribution in [1.29, 1.82) is 0 Å². The lowest BCUT2D eigenvalue weighted by molar-refractivity contribution is 0.0690. The van der Waals surface area contributed by atoms with Crippen LogP contribution in [0.1, 0.15) is 22.5 Å². The van der Waals surface area contributed by atoms with Crippen molar-refractivity contribution in [1.82, 2.24) is 4.98 Å². The first kappa shape index (κ1) is 12.0. The van der Waals surface area contributed by atoms with Crippen molar-refractivity contribution >= 4 is 28.5 Å². The number of halogens is 1. The molecule has 0 unspecified atom stereocenters. The molecule has 0 amide bonds. The zero-order valence-corrected chi connectivity index (χ0v) is 9.79. The molecular weight excluding hydrogens is 242 g/mol. The first-order chi connectivity index (χ1) is 8.13. The Morgan fingerprint density at radius 3 is 2.82 bits per heavy atom. The van der Waals surface area contributed by atoms with Crippen molar-refractivity contribution in [2.24, 2.45) is 0 Å². The van der Waals surface area contributed by atoms with Crippen LogP contribution in [-0.4, -0.2) is 27.8 Å². The molecule has 0 aliphatic heterocycles. The van der Waals surface area contributed by atoms with E-state index in [1.165, 1.54) is 0 Å². The number of carbonyl (C=O) groups is 1. The topological polar surface area (TPSA) is 73.3 Å². The predicted octanol–water partition coefficient (Wildman–Crippen LogP) is 2.44. The van der Waals surface area contributed by atoms with Crippen LogP contribution in [0.4, 0.5) is 0 Å². The second-order valence-corrected chi connectivity index (χ2v) is 4.24. The number of carboxylic acids is 1. The van der Waals surface area contributed by atoms with Gasteiger partial charge in [-0.15, -0.1) is 0 Å². The number of carboxylic acid groups (broad SMARTS) is 1. The molecule has 1 heterocycles. The predicted molar refractivity (Wildman–Crippen MR) is 65.7 cm³/mol. The number of hydrogen-bond acceptors (Lipinski definition) is 2. The number of aromatic nitrogens is 1. The van der Waals surface area contributed by atoms with E-state index in [9.17, 15) is 4.79 Å². The normalized spacial score (nSPS) is 10.9. The van der Waals surface area contributed by atoms with Gasteiger partial charge in [-0.25, -0.2) is 4.79 Å². The van der Waals surface area contributed by atoms with Crippen LogP contribution in [0.15, 0.2) is 18.2 Å². The van der Waals surface area contributed by atoms with Gasteiger partial charge in [-0.3, -0.25) is 0 Å². The van der Waals surface area contributed by atoms with Crippen LogP contribution in [0.25, 0.3) is 10.9 Å². The smallest absolute Gasteiger partial charge is 0.352 e. The number of aromatic amines is 1. The molecule has 0 aliphatic carbocycles. The first-order valence-corrected chi connectivity index (χ1v) is 5.65. The van der Waals surface area contributed by atoms with E-state index < -0.39 is 5.97 Å². The summed E-state index contributed by atoms with van der Waals surface area (Å²) in [7, 11) is 0. The maximum atomic E-state index is 11.1. The van der Waals surface area contributed by atoms with Crippen molar-refractivity contribution in [2.75, 3.05) is 6.61 Å². The maximum Gasteiger partial charge on any atom is 0.352 e. The summed E-state index contributed by atoms with van der Waals surface area (Å²) in [6, 6.07) is 5.23. The van der Waals surface area contributed by atoms with Crippen LogP contribution in [-0.2, 0) is 6.42 Å². The molecule has 0 saturated carbocycles. The summed E-state index contributed by atoms with van der Waals surface area (Å²) in [5.41, 5.74) is 1.61. The molecule has 0 spiro atoms. The minimum atomic E-state index is -0.995. The van der Waals surface area contributed by atoms with Gasteiger partial charge >= 0.3 is 5.97 Å². The fraction of sp³-hybridized carbons (Fsp3) is 0.250. The molecule has 3 N–H and O–H groups in total. The highest BCUT2D eigenvalue weighted by Gasteiger charge is 2.16. The number of fused-ring (bicyclic) bond motifs is 1. The lowest BCUT2D eigenvalue weighted by Gasteiger charge is -1.99. The Bertz CT molecular complexity index is 562. The van der Waals surface area contributed by atoms with E-state index >= 15 is 0 Å². The molecule has 5 heteroatoms. The summed E-state index contributed by atoms with van der Waals surface area (Å²) in [5.74, 6) is -0.995. The lowest BCUT2D eigenvalue weighted by Crippen LogP contribution is -2.02. The van der Waals surface area contributed by atoms with Gasteiger partial charge in [-0.2, -0.15) is 0 Å². The van der Waals surface area contributed by atoms with Crippen LogP contribution in [0.5, 0.6) is 0 Å². The van der Waals surface area contributed by atoms with E-state index in [0.29, 0.717) is 23.4 Å². The number of rotatable bonds is 4. The van der Waals surface area contributed by atoms with Crippen LogP contribution in [0, 0.1) is 0 Å². The summed E-state index contributed by atoms with van der Waals surface area (Å²) in [6.07, 6.45) is 1.07. The molecule has 1 aromatic heterocycles. The highest BCUT2D eigenvalue weighted by Crippen LogP contribution is 2.26. The average Bonchev–Trinajstić information content (AvgIpc) is 2.64. The van der Waals surface area contributed by atoms with Gasteiger partial charge in [0, 0.05) is 22.5 Å². The first-order valence-electron chi connectivity index (χ1n) is 5.27. The largest absolute Gasteiger partial charge is 0.477 e. The summed E-state index contributed by atoms with van der Waals surface area (Å²) in [6.45, 7) is 0.0410. The average molecular weight is 254 g/mol. The number of aryl methyl sites for hydroxylation is 1. The standard InChI is InChI=1S/C12H12ClNO3/c13-7-3-4-8-9(2-1-5-15)11(12(16)17)14-10(8)6-7/h3-4,6,14-15H,1-2,5H2,(H,16,17). The van der Waals surface area contributed by atoms with E-state index in [0.717, 1.165) is 10.9 Å². The van der Waals surface area contributed by atoms with E-state index in [-0.39, 0.29) is 12.3 Å². The molecule has 4 nitrogen and oxygen atoms in total. The number of H-pyrrole nitrogens is 1. The summed E-state index contributed by atoms with van der Waals surface area (Å²) < 4.78 is 0. The molecule has 0 aliphatic rings. The molecule has 0 bridgehead atoms. The van der Waals surface area contributed by atoms with Crippen molar-refractivity contribution in [2.45, 2.75) is 12.8 Å². The van der Waals surface area contributed by atoms with Crippen molar-refractivity contribution < 1.29 is 15.0 Å². The van der Waals surface area contributed by atoms with Gasteiger partial charge < -0.3 is 15.2 Å². The number of nitrogens with one attached hydrogen (secondary N) is 1. The molecule has 2 aromatic rings. The molecule has 0 radical (unpaired) electrons. The number of aromatic carboxylic acids is 1. The van der Waals surface area contributed by atoms with Gasteiger partial charge in [0.05, 0.1) is 0 Å². The Kier molecular flexibility index (Phi) is 3.36. The summed E-state index contributed by atoms with van der Waals surface area (Å²) in [5, 5.41) is 19.3. The minimum absolute atomic E-state index is 0.0410. The van der Waals surface area contributed by atoms with Gasteiger partial charge in [0.2, 0.25) is 0 Å². The number of aliphatic hydroxyl groups excluding tert-OH is 1. The lowest BCUT2D eigenvalue weighted by atomic mass is 10.1. The van der Waals surface area contributed by atoms with Crippen LogP contribution in [0.2, 0.25) is 5.02 Å². The number of benzene rings is 1. The quantitative estimate of drug-likeness (QED) is 0.784. The molecule has 1 aromatic carbocycles. The van der Waals surface area contributed by atoms with Crippen molar-refractivity contribution in [3.05, 3.63) is 34.5 Å². The molecule has 17 heavy (non-hydrogen) atoms. The van der Waals surface area contributed by atoms with Crippen LogP contribution in [0.3, 0.4) is 0 Å². The molecule has 0 fully saturated rings. The van der Waals surface area contributed by atoms with Gasteiger partial charge in [0.25, 0.3) is 0 Å². The Hall–Kier alpha value is -1.52. The van der Waals surface area contributed by atoms with Gasteiger partial charge in [0.15, 0.2) is 0 Å². The fourth-order valence-corrected chi connectivity index (χ4v) is 2.10. The molecular formula is C12H12ClNO3. The Labute approximate surface area is 103 Å². The Balaban J connectivity index is 2.58. The highest BCUT2D eigenvalue weighted by molar-refractivity contribution is 6.31. The Morgan fingerprint density at radius 1 is 1.41 bits per heavy atom. The van der Waals surface area contributed by atoms with Gasteiger partial charge in [-0.05, 0) is 30.5 Å². The van der Waals surface area contributed by atoms with Crippen molar-refractivity contribution in [3.8, 4) is 0 Å². The second kappa shape index (κ2) is 4.77. The SMILES string of the molecule is O=C(O)c1[nH]c2cc(Cl)ccc2c1CCCO. The molecule has 2 rings (SSSR count). The third kappa shape index (κ3) is 2.28. The minimum Gasteiger partial charge on any atom is -0.477 e. The van der Waals surface area contributed by atoms with Gasteiger partial charge in [0.1, 0.15) is 5.69 Å². The Morgan fingerprint density at radius 2 is 2.18 bits per heavy atom. The molecule has 0 saturated heterocycles. The maximum absolute atomic E-state index is 11.1. The fourth-order valence-electron chi connectivity index (χ4n) is 1.93. The van der Waals surface area contributed by atoms with E-state index in [1.807, 2.05) is 0 Å². The van der Waals surface area contributed by atoms with E-state index in [4.69, 9.17) is 21.8 Å². The van der Waals surface area contributed by atoms with Gasteiger partial charge in [-0.1, -0.05) is 17.7 Å². The summed E-state index contributed by atoms with van der Waals surface area (Å²) in [4.78, 5) is 14.0. The third-order valence-corrected chi connectivity index (χ3v) is 2.90. The van der Waals surface area contributed by atoms with E-state index in [2.05, 4.69) is 4.98 Å². The van der Waals surface area contributed by atoms with Crippen LogP contribution >= 0.6 is 11.6 Å².